The fraction of sp³-hybridized carbons (Fsp3) is 0.259. The van der Waals surface area contributed by atoms with E-state index in [0.717, 1.165) is 27.8 Å². The van der Waals surface area contributed by atoms with Crippen LogP contribution in [0.5, 0.6) is 0 Å². The number of hydroxylamine groups is 1. The Labute approximate surface area is 212 Å². The minimum absolute atomic E-state index is 0.112. The van der Waals surface area contributed by atoms with E-state index in [2.05, 4.69) is 4.72 Å². The Balaban J connectivity index is 1.73. The number of hydrogen-bond donors (Lipinski definition) is 3. The summed E-state index contributed by atoms with van der Waals surface area (Å²) in [5.74, 6) is -0.762. The largest absolute Gasteiger partial charge is 0.347 e. The second-order valence-electron chi connectivity index (χ2n) is 8.85. The number of likely N-dealkylation sites (N-methyl/N-ethyl adjacent to an activating group) is 1. The van der Waals surface area contributed by atoms with Crippen molar-refractivity contribution in [1.82, 2.24) is 15.1 Å². The lowest BCUT2D eigenvalue weighted by Gasteiger charge is -2.22. The maximum absolute atomic E-state index is 12.9. The number of carbonyl (C=O) groups is 2. The van der Waals surface area contributed by atoms with E-state index in [4.69, 9.17) is 5.21 Å². The molecule has 0 aliphatic rings. The van der Waals surface area contributed by atoms with Crippen LogP contribution in [-0.4, -0.2) is 50.5 Å². The van der Waals surface area contributed by atoms with Crippen LogP contribution in [0.1, 0.15) is 23.1 Å². The molecule has 0 radical (unpaired) electrons. The molecule has 0 aromatic heterocycles. The van der Waals surface area contributed by atoms with Crippen molar-refractivity contribution in [2.75, 3.05) is 14.1 Å². The molecule has 0 saturated carbocycles. The molecule has 36 heavy (non-hydrogen) atoms. The third-order valence-corrected chi connectivity index (χ3v) is 7.30. The highest BCUT2D eigenvalue weighted by Crippen LogP contribution is 2.22. The Hall–Kier alpha value is -3.53. The average molecular weight is 510 g/mol. The SMILES string of the molecule is Cc1ccc(S(=O)(=O)N[C@@H](Cc2ccc(-c3ccc(CCC(=O)NO)cc3)cc2)C(=O)N(C)C)cc1. The first-order valence-electron chi connectivity index (χ1n) is 11.5. The van der Waals surface area contributed by atoms with Gasteiger partial charge in [-0.1, -0.05) is 66.2 Å². The molecule has 0 heterocycles. The van der Waals surface area contributed by atoms with E-state index >= 15 is 0 Å². The van der Waals surface area contributed by atoms with Gasteiger partial charge < -0.3 is 4.90 Å². The molecule has 1 atom stereocenters. The first kappa shape index (κ1) is 27.1. The molecule has 9 heteroatoms. The summed E-state index contributed by atoms with van der Waals surface area (Å²) in [7, 11) is -0.687. The first-order chi connectivity index (χ1) is 17.1. The van der Waals surface area contributed by atoms with E-state index in [1.54, 1.807) is 31.7 Å². The molecule has 3 aromatic rings. The van der Waals surface area contributed by atoms with Crippen molar-refractivity contribution in [3.63, 3.8) is 0 Å². The van der Waals surface area contributed by atoms with Gasteiger partial charge in [0, 0.05) is 20.5 Å². The van der Waals surface area contributed by atoms with Crippen molar-refractivity contribution in [3.05, 3.63) is 89.5 Å². The zero-order valence-electron chi connectivity index (χ0n) is 20.6. The van der Waals surface area contributed by atoms with Gasteiger partial charge in [0.1, 0.15) is 6.04 Å². The number of sulfonamides is 1. The lowest BCUT2D eigenvalue weighted by atomic mass is 9.99. The topological polar surface area (TPSA) is 116 Å². The number of amides is 2. The van der Waals surface area contributed by atoms with Gasteiger partial charge in [-0.05, 0) is 54.2 Å². The monoisotopic (exact) mass is 509 g/mol. The lowest BCUT2D eigenvalue weighted by Crippen LogP contribution is -2.47. The maximum atomic E-state index is 12.9. The Morgan fingerprint density at radius 1 is 0.861 bits per heavy atom. The fourth-order valence-electron chi connectivity index (χ4n) is 3.71. The molecule has 0 bridgehead atoms. The summed E-state index contributed by atoms with van der Waals surface area (Å²) >= 11 is 0. The highest BCUT2D eigenvalue weighted by molar-refractivity contribution is 7.89. The number of aryl methyl sites for hydroxylation is 2. The molecule has 0 unspecified atom stereocenters. The van der Waals surface area contributed by atoms with E-state index in [1.165, 1.54) is 17.0 Å². The van der Waals surface area contributed by atoms with Crippen LogP contribution in [0.15, 0.2) is 77.7 Å². The van der Waals surface area contributed by atoms with Gasteiger partial charge in [-0.3, -0.25) is 14.8 Å². The first-order valence-corrected chi connectivity index (χ1v) is 13.0. The standard InChI is InChI=1S/C27H31N3O5S/c1-19-4-15-24(16-5-19)36(34,35)29-25(27(32)30(2)3)18-21-8-13-23(14-9-21)22-11-6-20(7-12-22)10-17-26(31)28-33/h4-9,11-16,25,29,33H,10,17-18H2,1-3H3,(H,28,31)/t25-/m0/s1. The van der Waals surface area contributed by atoms with Gasteiger partial charge in [0.15, 0.2) is 0 Å². The second kappa shape index (κ2) is 11.9. The predicted molar refractivity (Wildman–Crippen MR) is 138 cm³/mol. The number of nitrogens with zero attached hydrogens (tertiary/aromatic N) is 1. The Morgan fingerprint density at radius 3 is 1.89 bits per heavy atom. The predicted octanol–water partition coefficient (Wildman–Crippen LogP) is 3.08. The van der Waals surface area contributed by atoms with Crippen LogP contribution in [0.25, 0.3) is 11.1 Å². The van der Waals surface area contributed by atoms with Crippen molar-refractivity contribution in [2.24, 2.45) is 0 Å². The zero-order valence-corrected chi connectivity index (χ0v) is 21.4. The molecule has 0 fully saturated rings. The summed E-state index contributed by atoms with van der Waals surface area (Å²) in [4.78, 5) is 25.5. The van der Waals surface area contributed by atoms with Gasteiger partial charge in [0.2, 0.25) is 21.8 Å². The summed E-state index contributed by atoms with van der Waals surface area (Å²) in [6, 6.07) is 20.9. The molecule has 3 rings (SSSR count). The third kappa shape index (κ3) is 7.24. The van der Waals surface area contributed by atoms with Crippen molar-refractivity contribution >= 4 is 21.8 Å². The highest BCUT2D eigenvalue weighted by Gasteiger charge is 2.27. The zero-order chi connectivity index (χ0) is 26.3. The minimum Gasteiger partial charge on any atom is -0.347 e. The van der Waals surface area contributed by atoms with Crippen molar-refractivity contribution < 1.29 is 23.2 Å². The van der Waals surface area contributed by atoms with Gasteiger partial charge in [-0.15, -0.1) is 0 Å². The Morgan fingerprint density at radius 2 is 1.39 bits per heavy atom. The fourth-order valence-corrected chi connectivity index (χ4v) is 4.90. The molecular formula is C27H31N3O5S. The summed E-state index contributed by atoms with van der Waals surface area (Å²) in [5, 5.41) is 8.60. The van der Waals surface area contributed by atoms with E-state index < -0.39 is 22.0 Å². The maximum Gasteiger partial charge on any atom is 0.243 e. The van der Waals surface area contributed by atoms with Crippen LogP contribution >= 0.6 is 0 Å². The number of rotatable bonds is 10. The minimum atomic E-state index is -3.88. The van der Waals surface area contributed by atoms with E-state index in [0.29, 0.717) is 6.42 Å². The van der Waals surface area contributed by atoms with E-state index in [-0.39, 0.29) is 23.6 Å². The van der Waals surface area contributed by atoms with Crippen molar-refractivity contribution in [2.45, 2.75) is 37.1 Å². The van der Waals surface area contributed by atoms with Gasteiger partial charge in [-0.2, -0.15) is 4.72 Å². The number of benzene rings is 3. The number of nitrogens with one attached hydrogen (secondary N) is 2. The lowest BCUT2D eigenvalue weighted by molar-refractivity contribution is -0.130. The Kier molecular flexibility index (Phi) is 8.98. The van der Waals surface area contributed by atoms with E-state index in [1.807, 2.05) is 55.5 Å². The summed E-state index contributed by atoms with van der Waals surface area (Å²) in [5.41, 5.74) is 6.31. The summed E-state index contributed by atoms with van der Waals surface area (Å²) in [6.07, 6.45) is 0.921. The van der Waals surface area contributed by atoms with Crippen LogP contribution in [0.3, 0.4) is 0 Å². The highest BCUT2D eigenvalue weighted by atomic mass is 32.2. The molecule has 0 aliphatic heterocycles. The average Bonchev–Trinajstić information content (AvgIpc) is 2.87. The number of carbonyl (C=O) groups excluding carboxylic acids is 2. The molecule has 0 spiro atoms. The molecule has 8 nitrogen and oxygen atoms in total. The third-order valence-electron chi connectivity index (χ3n) is 5.81. The second-order valence-corrected chi connectivity index (χ2v) is 10.6. The normalized spacial score (nSPS) is 12.1. The Bertz CT molecular complexity index is 1290. The van der Waals surface area contributed by atoms with E-state index in [9.17, 15) is 18.0 Å². The van der Waals surface area contributed by atoms with Gasteiger partial charge in [-0.25, -0.2) is 13.9 Å². The molecule has 3 N–H and O–H groups in total. The van der Waals surface area contributed by atoms with Crippen molar-refractivity contribution in [1.29, 1.82) is 0 Å². The smallest absolute Gasteiger partial charge is 0.243 e. The molecule has 0 saturated heterocycles. The molecule has 3 aromatic carbocycles. The number of hydrogen-bond acceptors (Lipinski definition) is 5. The van der Waals surface area contributed by atoms with Crippen LogP contribution in [0, 0.1) is 6.92 Å². The molecular weight excluding hydrogens is 478 g/mol. The van der Waals surface area contributed by atoms with Gasteiger partial charge in [0.25, 0.3) is 0 Å². The van der Waals surface area contributed by atoms with Crippen molar-refractivity contribution in [3.8, 4) is 11.1 Å². The summed E-state index contributed by atoms with van der Waals surface area (Å²) < 4.78 is 28.4. The summed E-state index contributed by atoms with van der Waals surface area (Å²) in [6.45, 7) is 1.87. The van der Waals surface area contributed by atoms with Crippen LogP contribution < -0.4 is 10.2 Å². The van der Waals surface area contributed by atoms with Crippen LogP contribution in [0.4, 0.5) is 0 Å². The quantitative estimate of drug-likeness (QED) is 0.287. The van der Waals surface area contributed by atoms with Gasteiger partial charge in [0.05, 0.1) is 4.90 Å². The molecule has 0 aliphatic carbocycles. The van der Waals surface area contributed by atoms with Crippen LogP contribution in [-0.2, 0) is 32.5 Å². The molecule has 190 valence electrons. The van der Waals surface area contributed by atoms with Gasteiger partial charge >= 0.3 is 0 Å². The molecule has 2 amide bonds. The van der Waals surface area contributed by atoms with Crippen LogP contribution in [0.2, 0.25) is 0 Å².